The maximum absolute atomic E-state index is 13.3. The molecule has 304 valence electrons. The van der Waals surface area contributed by atoms with Crippen LogP contribution in [0.2, 0.25) is 0 Å². The van der Waals surface area contributed by atoms with Crippen LogP contribution < -0.4 is 10.6 Å². The van der Waals surface area contributed by atoms with Crippen LogP contribution in [0.25, 0.3) is 0 Å². The van der Waals surface area contributed by atoms with Crippen molar-refractivity contribution in [3.8, 4) is 0 Å². The van der Waals surface area contributed by atoms with E-state index in [-0.39, 0.29) is 30.3 Å². The number of allylic oxidation sites excluding steroid dienone is 12. The molecule has 9 nitrogen and oxygen atoms in total. The second-order valence-corrected chi connectivity index (χ2v) is 16.6. The number of benzene rings is 1. The predicted octanol–water partition coefficient (Wildman–Crippen LogP) is 8.26. The minimum absolute atomic E-state index is 0.0432. The molecule has 0 aliphatic heterocycles. The summed E-state index contributed by atoms with van der Waals surface area (Å²) in [6.07, 6.45) is 33.2. The molecule has 0 aliphatic rings. The lowest BCUT2D eigenvalue weighted by Gasteiger charge is -2.33. The van der Waals surface area contributed by atoms with Gasteiger partial charge in [0.1, 0.15) is 11.8 Å². The highest BCUT2D eigenvalue weighted by Gasteiger charge is 2.38. The first-order chi connectivity index (χ1) is 26.5. The summed E-state index contributed by atoms with van der Waals surface area (Å²) in [5.74, 6) is -2.85. The highest BCUT2D eigenvalue weighted by Crippen LogP contribution is 2.43. The van der Waals surface area contributed by atoms with Crippen molar-refractivity contribution in [3.63, 3.8) is 0 Å². The molecule has 0 radical (unpaired) electrons. The summed E-state index contributed by atoms with van der Waals surface area (Å²) in [5.41, 5.74) is 1.12. The fourth-order valence-electron chi connectivity index (χ4n) is 5.18. The highest BCUT2D eigenvalue weighted by atomic mass is 33.1. The lowest BCUT2D eigenvalue weighted by Crippen LogP contribution is -2.48. The summed E-state index contributed by atoms with van der Waals surface area (Å²) < 4.78 is -0.831. The molecule has 0 unspecified atom stereocenters. The van der Waals surface area contributed by atoms with E-state index < -0.39 is 47.8 Å². The van der Waals surface area contributed by atoms with Crippen LogP contribution >= 0.6 is 21.6 Å². The second kappa shape index (κ2) is 31.6. The zero-order chi connectivity index (χ0) is 40.6. The number of hydrogen-bond donors (Lipinski definition) is 5. The SMILES string of the molecule is CC/C=C\C/C=C\C/C=C\C/C=C\C/C=C\C/C=C\CCC(=O)N[C@@H](CSSC(C)(C)[C@H](CC(=O)CCCc1ccccc1)C(=O)NC(CO)CO)C(=O)O. The lowest BCUT2D eigenvalue weighted by molar-refractivity contribution is -0.141. The molecule has 5 N–H and O–H groups in total. The van der Waals surface area contributed by atoms with Gasteiger partial charge in [-0.25, -0.2) is 4.79 Å². The van der Waals surface area contributed by atoms with E-state index in [0.29, 0.717) is 19.3 Å². The number of ketones is 1. The molecule has 1 aromatic rings. The molecule has 0 saturated carbocycles. The number of amides is 2. The average molecular weight is 797 g/mol. The Labute approximate surface area is 337 Å². The van der Waals surface area contributed by atoms with Crippen molar-refractivity contribution in [2.24, 2.45) is 5.92 Å². The van der Waals surface area contributed by atoms with Crippen molar-refractivity contribution < 1.29 is 34.5 Å². The molecule has 2 atom stereocenters. The fourth-order valence-corrected chi connectivity index (χ4v) is 8.09. The van der Waals surface area contributed by atoms with Crippen LogP contribution in [-0.2, 0) is 25.6 Å². The Balaban J connectivity index is 2.51. The van der Waals surface area contributed by atoms with E-state index in [0.717, 1.165) is 50.5 Å². The number of aliphatic hydroxyl groups excluding tert-OH is 2. The Morgan fingerprint density at radius 3 is 1.78 bits per heavy atom. The fraction of sp³-hybridized carbons (Fsp3) is 0.500. The number of aliphatic carboxylic acids is 1. The molecule has 1 aromatic carbocycles. The molecule has 55 heavy (non-hydrogen) atoms. The van der Waals surface area contributed by atoms with E-state index in [9.17, 15) is 34.5 Å². The molecule has 2 amide bonds. The van der Waals surface area contributed by atoms with Gasteiger partial charge >= 0.3 is 5.97 Å². The highest BCUT2D eigenvalue weighted by molar-refractivity contribution is 8.77. The normalized spacial score (nSPS) is 13.6. The van der Waals surface area contributed by atoms with E-state index in [1.807, 2.05) is 42.5 Å². The standard InChI is InChI=1S/C44H64N2O7S2/c1-4-5-6-7-8-9-10-11-12-13-14-15-16-17-18-19-20-21-25-31-41(50)46-40(43(52)53)35-54-55-44(2,3)39(42(51)45-37(33-47)34-48)32-38(49)30-26-29-36-27-23-22-24-28-36/h5-6,8-9,11-12,14-15,17-18,20-24,27-28,37,39-40,47-48H,4,7,10,13,16,19,25-26,29-35H2,1-3H3,(H,45,51)(H,46,50)(H,52,53)/b6-5-,9-8-,12-11-,15-14-,18-17-,21-20-/t39-,40+/m1/s1. The first-order valence-electron chi connectivity index (χ1n) is 19.3. The lowest BCUT2D eigenvalue weighted by atomic mass is 9.87. The van der Waals surface area contributed by atoms with Gasteiger partial charge in [0.25, 0.3) is 0 Å². The molecule has 0 saturated heterocycles. The third-order valence-electron chi connectivity index (χ3n) is 8.41. The summed E-state index contributed by atoms with van der Waals surface area (Å²) in [6.45, 7) is 4.83. The summed E-state index contributed by atoms with van der Waals surface area (Å²) in [4.78, 5) is 50.9. The molecular formula is C44H64N2O7S2. The molecule has 0 bridgehead atoms. The number of aryl methyl sites for hydroxylation is 1. The molecule has 0 spiro atoms. The second-order valence-electron chi connectivity index (χ2n) is 13.6. The number of carbonyl (C=O) groups excluding carboxylic acids is 3. The third-order valence-corrected chi connectivity index (χ3v) is 11.8. The van der Waals surface area contributed by atoms with Crippen LogP contribution in [0.5, 0.6) is 0 Å². The van der Waals surface area contributed by atoms with E-state index in [1.54, 1.807) is 13.8 Å². The zero-order valence-electron chi connectivity index (χ0n) is 32.9. The number of hydrogen-bond acceptors (Lipinski definition) is 8. The number of carboxylic acid groups (broad SMARTS) is 1. The molecule has 0 aromatic heterocycles. The van der Waals surface area contributed by atoms with E-state index in [1.165, 1.54) is 21.6 Å². The Bertz CT molecular complexity index is 1420. The van der Waals surface area contributed by atoms with Gasteiger partial charge in [0.05, 0.1) is 25.2 Å². The van der Waals surface area contributed by atoms with Gasteiger partial charge in [-0.1, -0.05) is 132 Å². The van der Waals surface area contributed by atoms with Crippen LogP contribution in [0.1, 0.15) is 97.0 Å². The minimum atomic E-state index is -1.16. The van der Waals surface area contributed by atoms with Gasteiger partial charge in [0, 0.05) is 29.8 Å². The van der Waals surface area contributed by atoms with Gasteiger partial charge < -0.3 is 26.0 Å². The van der Waals surface area contributed by atoms with Crippen LogP contribution in [0, 0.1) is 5.92 Å². The van der Waals surface area contributed by atoms with E-state index in [2.05, 4.69) is 78.3 Å². The van der Waals surface area contributed by atoms with Crippen LogP contribution in [0.4, 0.5) is 0 Å². The first kappa shape index (κ1) is 49.4. The average Bonchev–Trinajstić information content (AvgIpc) is 3.16. The number of Topliss-reactive ketones (excluding diaryl/α,β-unsaturated/α-hetero) is 1. The summed E-state index contributed by atoms with van der Waals surface area (Å²) in [5, 5.41) is 34.1. The van der Waals surface area contributed by atoms with Crippen molar-refractivity contribution in [2.75, 3.05) is 19.0 Å². The van der Waals surface area contributed by atoms with Gasteiger partial charge in [-0.15, -0.1) is 0 Å². The Kier molecular flexibility index (Phi) is 28.3. The van der Waals surface area contributed by atoms with Crippen molar-refractivity contribution >= 4 is 45.2 Å². The predicted molar refractivity (Wildman–Crippen MR) is 230 cm³/mol. The largest absolute Gasteiger partial charge is 0.480 e. The van der Waals surface area contributed by atoms with Crippen molar-refractivity contribution in [2.45, 2.75) is 115 Å². The number of carbonyl (C=O) groups is 4. The molecule has 1 rings (SSSR count). The van der Waals surface area contributed by atoms with Gasteiger partial charge in [-0.2, -0.15) is 0 Å². The molecule has 0 fully saturated rings. The Morgan fingerprint density at radius 2 is 1.27 bits per heavy atom. The smallest absolute Gasteiger partial charge is 0.327 e. The van der Waals surface area contributed by atoms with Gasteiger partial charge in [0.15, 0.2) is 0 Å². The van der Waals surface area contributed by atoms with Gasteiger partial charge in [0.2, 0.25) is 11.8 Å². The third kappa shape index (κ3) is 25.2. The maximum Gasteiger partial charge on any atom is 0.327 e. The molecule has 0 heterocycles. The summed E-state index contributed by atoms with van der Waals surface area (Å²) in [7, 11) is 2.48. The van der Waals surface area contributed by atoms with Crippen LogP contribution in [0.3, 0.4) is 0 Å². The van der Waals surface area contributed by atoms with Crippen molar-refractivity contribution in [1.29, 1.82) is 0 Å². The Morgan fingerprint density at radius 1 is 0.745 bits per heavy atom. The van der Waals surface area contributed by atoms with E-state index >= 15 is 0 Å². The number of carboxylic acids is 1. The number of nitrogens with one attached hydrogen (secondary N) is 2. The van der Waals surface area contributed by atoms with Crippen LogP contribution in [-0.4, -0.2) is 74.7 Å². The molecular weight excluding hydrogens is 733 g/mol. The summed E-state index contributed by atoms with van der Waals surface area (Å²) in [6, 6.07) is 7.83. The summed E-state index contributed by atoms with van der Waals surface area (Å²) >= 11 is 0. The van der Waals surface area contributed by atoms with Crippen molar-refractivity contribution in [1.82, 2.24) is 10.6 Å². The number of rotatable bonds is 31. The van der Waals surface area contributed by atoms with E-state index in [4.69, 9.17) is 0 Å². The maximum atomic E-state index is 13.3. The van der Waals surface area contributed by atoms with Gasteiger partial charge in [-0.3, -0.25) is 14.4 Å². The quantitative estimate of drug-likeness (QED) is 0.0369. The zero-order valence-corrected chi connectivity index (χ0v) is 34.6. The van der Waals surface area contributed by atoms with Gasteiger partial charge in [-0.05, 0) is 77.2 Å². The van der Waals surface area contributed by atoms with Crippen molar-refractivity contribution in [3.05, 3.63) is 109 Å². The molecule has 11 heteroatoms. The first-order valence-corrected chi connectivity index (χ1v) is 21.7. The Hall–Kier alpha value is -3.64. The molecule has 0 aliphatic carbocycles. The van der Waals surface area contributed by atoms with Crippen LogP contribution in [0.15, 0.2) is 103 Å². The number of aliphatic hydroxyl groups is 2. The topological polar surface area (TPSA) is 153 Å². The minimum Gasteiger partial charge on any atom is -0.480 e. The monoisotopic (exact) mass is 796 g/mol.